The Bertz CT molecular complexity index is 286. The van der Waals surface area contributed by atoms with Crippen molar-refractivity contribution in [2.45, 2.75) is 38.6 Å². The average Bonchev–Trinajstić information content (AvgIpc) is 2.81. The van der Waals surface area contributed by atoms with Crippen LogP contribution in [0.3, 0.4) is 0 Å². The van der Waals surface area contributed by atoms with Crippen LogP contribution in [-0.4, -0.2) is 37.7 Å². The summed E-state index contributed by atoms with van der Waals surface area (Å²) in [5.41, 5.74) is -0.927. The summed E-state index contributed by atoms with van der Waals surface area (Å²) in [4.78, 5) is 23.7. The summed E-state index contributed by atoms with van der Waals surface area (Å²) in [5, 5.41) is 2.79. The van der Waals surface area contributed by atoms with Crippen LogP contribution in [0.25, 0.3) is 0 Å². The van der Waals surface area contributed by atoms with Crippen LogP contribution in [0.1, 0.15) is 33.1 Å². The minimum absolute atomic E-state index is 0.121. The van der Waals surface area contributed by atoms with Crippen LogP contribution >= 0.6 is 0 Å². The van der Waals surface area contributed by atoms with Crippen molar-refractivity contribution < 1.29 is 19.1 Å². The number of carbonyl (C=O) groups excluding carboxylic acids is 2. The molecule has 0 aromatic carbocycles. The summed E-state index contributed by atoms with van der Waals surface area (Å²) in [6, 6.07) is 0. The van der Waals surface area contributed by atoms with E-state index in [1.807, 2.05) is 6.92 Å². The lowest BCUT2D eigenvalue weighted by Crippen LogP contribution is -2.54. The van der Waals surface area contributed by atoms with Crippen LogP contribution in [0, 0.1) is 5.92 Å². The van der Waals surface area contributed by atoms with E-state index in [4.69, 9.17) is 9.47 Å². The Morgan fingerprint density at radius 3 is 2.71 bits per heavy atom. The lowest BCUT2D eigenvalue weighted by atomic mass is 9.94. The highest BCUT2D eigenvalue weighted by atomic mass is 16.5. The lowest BCUT2D eigenvalue weighted by Gasteiger charge is -2.28. The zero-order valence-electron chi connectivity index (χ0n) is 10.7. The predicted octanol–water partition coefficient (Wildman–Crippen LogP) is 0.871. The summed E-state index contributed by atoms with van der Waals surface area (Å²) in [7, 11) is 1.33. The number of amides is 1. The van der Waals surface area contributed by atoms with Gasteiger partial charge < -0.3 is 14.8 Å². The molecular formula is C12H21NO4. The number of hydrogen-bond acceptors (Lipinski definition) is 4. The normalized spacial score (nSPS) is 22.9. The van der Waals surface area contributed by atoms with E-state index in [0.29, 0.717) is 19.6 Å². The molecule has 1 saturated heterocycles. The molecule has 1 aliphatic rings. The molecule has 2 atom stereocenters. The van der Waals surface area contributed by atoms with Gasteiger partial charge in [-0.3, -0.25) is 4.79 Å². The second-order valence-electron chi connectivity index (χ2n) is 4.62. The van der Waals surface area contributed by atoms with Crippen LogP contribution in [-0.2, 0) is 19.1 Å². The topological polar surface area (TPSA) is 64.6 Å². The number of nitrogens with one attached hydrogen (secondary N) is 1. The second-order valence-corrected chi connectivity index (χ2v) is 4.62. The Balaban J connectivity index is 2.65. The highest BCUT2D eigenvalue weighted by Gasteiger charge is 2.37. The molecule has 0 aromatic rings. The molecule has 0 saturated carbocycles. The molecule has 5 nitrogen and oxygen atoms in total. The first kappa shape index (κ1) is 14.0. The van der Waals surface area contributed by atoms with Gasteiger partial charge in [0, 0.05) is 6.61 Å². The SMILES string of the molecule is CCCC(C)(NC(=O)C1CCOC1)C(=O)OC. The number of hydrogen-bond donors (Lipinski definition) is 1. The maximum Gasteiger partial charge on any atom is 0.331 e. The van der Waals surface area contributed by atoms with Crippen LogP contribution in [0.2, 0.25) is 0 Å². The van der Waals surface area contributed by atoms with Crippen molar-refractivity contribution in [2.24, 2.45) is 5.92 Å². The maximum absolute atomic E-state index is 12.0. The van der Waals surface area contributed by atoms with Crippen molar-refractivity contribution >= 4 is 11.9 Å². The lowest BCUT2D eigenvalue weighted by molar-refractivity contribution is -0.151. The van der Waals surface area contributed by atoms with Gasteiger partial charge in [0.2, 0.25) is 5.91 Å². The summed E-state index contributed by atoms with van der Waals surface area (Å²) in [6.07, 6.45) is 2.08. The molecule has 0 spiro atoms. The molecule has 0 bridgehead atoms. The van der Waals surface area contributed by atoms with Gasteiger partial charge in [-0.2, -0.15) is 0 Å². The molecule has 0 aliphatic carbocycles. The quantitative estimate of drug-likeness (QED) is 0.728. The van der Waals surface area contributed by atoms with E-state index in [0.717, 1.165) is 12.8 Å². The highest BCUT2D eigenvalue weighted by Crippen LogP contribution is 2.18. The van der Waals surface area contributed by atoms with E-state index in [1.54, 1.807) is 6.92 Å². The van der Waals surface area contributed by atoms with E-state index < -0.39 is 11.5 Å². The fraction of sp³-hybridized carbons (Fsp3) is 0.833. The fourth-order valence-corrected chi connectivity index (χ4v) is 2.06. The van der Waals surface area contributed by atoms with Gasteiger partial charge in [0.25, 0.3) is 0 Å². The molecule has 0 aromatic heterocycles. The van der Waals surface area contributed by atoms with Crippen molar-refractivity contribution in [3.63, 3.8) is 0 Å². The molecular weight excluding hydrogens is 222 g/mol. The van der Waals surface area contributed by atoms with Crippen LogP contribution in [0.15, 0.2) is 0 Å². The number of esters is 1. The second kappa shape index (κ2) is 6.00. The largest absolute Gasteiger partial charge is 0.467 e. The van der Waals surface area contributed by atoms with E-state index in [1.165, 1.54) is 7.11 Å². The average molecular weight is 243 g/mol. The minimum Gasteiger partial charge on any atom is -0.467 e. The van der Waals surface area contributed by atoms with E-state index >= 15 is 0 Å². The summed E-state index contributed by atoms with van der Waals surface area (Å²) >= 11 is 0. The zero-order chi connectivity index (χ0) is 12.9. The molecule has 5 heteroatoms. The van der Waals surface area contributed by atoms with Gasteiger partial charge in [-0.25, -0.2) is 4.79 Å². The van der Waals surface area contributed by atoms with Crippen LogP contribution in [0.5, 0.6) is 0 Å². The minimum atomic E-state index is -0.927. The van der Waals surface area contributed by atoms with Gasteiger partial charge in [0.15, 0.2) is 0 Å². The zero-order valence-corrected chi connectivity index (χ0v) is 10.7. The van der Waals surface area contributed by atoms with Crippen molar-refractivity contribution in [2.75, 3.05) is 20.3 Å². The first-order valence-corrected chi connectivity index (χ1v) is 6.01. The van der Waals surface area contributed by atoms with Gasteiger partial charge in [-0.1, -0.05) is 13.3 Å². The Morgan fingerprint density at radius 1 is 1.53 bits per heavy atom. The van der Waals surface area contributed by atoms with Gasteiger partial charge in [0.05, 0.1) is 19.6 Å². The molecule has 1 N–H and O–H groups in total. The van der Waals surface area contributed by atoms with E-state index in [-0.39, 0.29) is 11.8 Å². The van der Waals surface area contributed by atoms with E-state index in [2.05, 4.69) is 5.32 Å². The smallest absolute Gasteiger partial charge is 0.331 e. The highest BCUT2D eigenvalue weighted by molar-refractivity contribution is 5.88. The predicted molar refractivity (Wildman–Crippen MR) is 62.4 cm³/mol. The Morgan fingerprint density at radius 2 is 2.24 bits per heavy atom. The molecule has 98 valence electrons. The van der Waals surface area contributed by atoms with E-state index in [9.17, 15) is 9.59 Å². The Hall–Kier alpha value is -1.10. The monoisotopic (exact) mass is 243 g/mol. The molecule has 1 fully saturated rings. The van der Waals surface area contributed by atoms with Crippen molar-refractivity contribution in [3.05, 3.63) is 0 Å². The fourth-order valence-electron chi connectivity index (χ4n) is 2.06. The molecule has 1 aliphatic heterocycles. The van der Waals surface area contributed by atoms with Crippen molar-refractivity contribution in [3.8, 4) is 0 Å². The summed E-state index contributed by atoms with van der Waals surface area (Å²) in [6.45, 7) is 4.72. The van der Waals surface area contributed by atoms with Crippen molar-refractivity contribution in [1.82, 2.24) is 5.32 Å². The summed E-state index contributed by atoms with van der Waals surface area (Å²) in [5.74, 6) is -0.661. The number of methoxy groups -OCH3 is 1. The molecule has 1 heterocycles. The third-order valence-electron chi connectivity index (χ3n) is 3.09. The van der Waals surface area contributed by atoms with Crippen LogP contribution in [0.4, 0.5) is 0 Å². The standard InChI is InChI=1S/C12H21NO4/c1-4-6-12(2,11(15)16-3)13-10(14)9-5-7-17-8-9/h9H,4-8H2,1-3H3,(H,13,14). The third-order valence-corrected chi connectivity index (χ3v) is 3.09. The Labute approximate surface area is 102 Å². The number of ether oxygens (including phenoxy) is 2. The van der Waals surface area contributed by atoms with Gasteiger partial charge >= 0.3 is 5.97 Å². The molecule has 1 amide bonds. The molecule has 1 rings (SSSR count). The van der Waals surface area contributed by atoms with Crippen molar-refractivity contribution in [1.29, 1.82) is 0 Å². The number of carbonyl (C=O) groups is 2. The molecule has 2 unspecified atom stereocenters. The first-order chi connectivity index (χ1) is 8.03. The van der Waals surface area contributed by atoms with Gasteiger partial charge in [0.1, 0.15) is 5.54 Å². The van der Waals surface area contributed by atoms with Gasteiger partial charge in [-0.05, 0) is 19.8 Å². The Kier molecular flexibility index (Phi) is 4.93. The maximum atomic E-state index is 12.0. The summed E-state index contributed by atoms with van der Waals surface area (Å²) < 4.78 is 9.91. The van der Waals surface area contributed by atoms with Gasteiger partial charge in [-0.15, -0.1) is 0 Å². The first-order valence-electron chi connectivity index (χ1n) is 6.01. The third kappa shape index (κ3) is 3.43. The molecule has 17 heavy (non-hydrogen) atoms. The van der Waals surface area contributed by atoms with Crippen LogP contribution < -0.4 is 5.32 Å². The molecule has 0 radical (unpaired) electrons. The number of rotatable bonds is 5.